The lowest BCUT2D eigenvalue weighted by atomic mass is 9.89. The molecule has 6 nitrogen and oxygen atoms in total. The Balaban J connectivity index is 1.34. The van der Waals surface area contributed by atoms with Gasteiger partial charge in [-0.2, -0.15) is 0 Å². The predicted octanol–water partition coefficient (Wildman–Crippen LogP) is 5.87. The van der Waals surface area contributed by atoms with Crippen molar-refractivity contribution in [3.05, 3.63) is 88.7 Å². The fraction of sp³-hybridized carbons (Fsp3) is 0.310. The van der Waals surface area contributed by atoms with E-state index in [-0.39, 0.29) is 6.09 Å². The summed E-state index contributed by atoms with van der Waals surface area (Å²) in [5, 5.41) is 1.13. The highest BCUT2D eigenvalue weighted by Crippen LogP contribution is 2.52. The average Bonchev–Trinajstić information content (AvgIpc) is 3.58. The van der Waals surface area contributed by atoms with Crippen molar-refractivity contribution in [2.45, 2.75) is 44.9 Å². The van der Waals surface area contributed by atoms with E-state index in [0.717, 1.165) is 52.5 Å². The Morgan fingerprint density at radius 1 is 1.17 bits per heavy atom. The first-order valence-electron chi connectivity index (χ1n) is 12.2. The summed E-state index contributed by atoms with van der Waals surface area (Å²) in [6.07, 6.45) is 6.11. The van der Waals surface area contributed by atoms with E-state index in [9.17, 15) is 4.79 Å². The summed E-state index contributed by atoms with van der Waals surface area (Å²) in [7, 11) is 1.79. The van der Waals surface area contributed by atoms with Gasteiger partial charge in [-0.1, -0.05) is 36.4 Å². The Bertz CT molecular complexity index is 1410. The van der Waals surface area contributed by atoms with Gasteiger partial charge in [0.1, 0.15) is 11.2 Å². The van der Waals surface area contributed by atoms with Crippen molar-refractivity contribution >= 4 is 17.1 Å². The molecule has 1 aliphatic heterocycles. The highest BCUT2D eigenvalue weighted by Gasteiger charge is 2.51. The predicted molar refractivity (Wildman–Crippen MR) is 135 cm³/mol. The zero-order valence-electron chi connectivity index (χ0n) is 20.1. The zero-order chi connectivity index (χ0) is 24.0. The summed E-state index contributed by atoms with van der Waals surface area (Å²) >= 11 is 0. The first-order valence-corrected chi connectivity index (χ1v) is 12.2. The van der Waals surface area contributed by atoms with Crippen LogP contribution in [0.1, 0.15) is 40.7 Å². The Kier molecular flexibility index (Phi) is 5.33. The molecule has 0 saturated heterocycles. The quantitative estimate of drug-likeness (QED) is 0.399. The number of pyridine rings is 1. The molecule has 0 spiro atoms. The van der Waals surface area contributed by atoms with Crippen molar-refractivity contribution in [3.63, 3.8) is 0 Å². The molecule has 1 aliphatic carbocycles. The number of fused-ring (bicyclic) bond motifs is 2. The molecule has 0 unspecified atom stereocenters. The van der Waals surface area contributed by atoms with Gasteiger partial charge in [0.05, 0.1) is 13.2 Å². The topological polar surface area (TPSA) is 67.5 Å². The van der Waals surface area contributed by atoms with Gasteiger partial charge in [-0.3, -0.25) is 0 Å². The molecule has 6 heteroatoms. The van der Waals surface area contributed by atoms with Gasteiger partial charge in [-0.15, -0.1) is 0 Å². The van der Waals surface area contributed by atoms with E-state index in [0.29, 0.717) is 19.8 Å². The molecule has 6 rings (SSSR count). The minimum Gasteiger partial charge on any atom is -0.438 e. The number of benzene rings is 2. The Morgan fingerprint density at radius 3 is 2.80 bits per heavy atom. The van der Waals surface area contributed by atoms with Gasteiger partial charge in [-0.05, 0) is 66.1 Å². The van der Waals surface area contributed by atoms with Crippen molar-refractivity contribution in [2.75, 3.05) is 13.7 Å². The molecule has 3 heterocycles. The lowest BCUT2D eigenvalue weighted by Crippen LogP contribution is -2.31. The maximum Gasteiger partial charge on any atom is 0.410 e. The molecule has 4 aromatic rings. The summed E-state index contributed by atoms with van der Waals surface area (Å²) in [4.78, 5) is 22.6. The summed E-state index contributed by atoms with van der Waals surface area (Å²) in [5.74, 6) is 0. The van der Waals surface area contributed by atoms with Crippen LogP contribution in [0, 0.1) is 6.92 Å². The number of carbonyl (C=O) groups excluding carboxylic acids is 1. The largest absolute Gasteiger partial charge is 0.438 e. The first kappa shape index (κ1) is 21.9. The average molecular weight is 468 g/mol. The summed E-state index contributed by atoms with van der Waals surface area (Å²) in [6.45, 7) is 3.86. The van der Waals surface area contributed by atoms with Crippen molar-refractivity contribution in [3.8, 4) is 11.1 Å². The van der Waals surface area contributed by atoms with Crippen molar-refractivity contribution in [1.29, 1.82) is 0 Å². The minimum atomic E-state index is -0.593. The van der Waals surface area contributed by atoms with Crippen LogP contribution in [0.3, 0.4) is 0 Å². The lowest BCUT2D eigenvalue weighted by Gasteiger charge is -2.28. The van der Waals surface area contributed by atoms with E-state index < -0.39 is 5.60 Å². The summed E-state index contributed by atoms with van der Waals surface area (Å²) in [6, 6.07) is 16.6. The Hall–Kier alpha value is -3.64. The number of aromatic nitrogens is 2. The van der Waals surface area contributed by atoms with E-state index in [1.807, 2.05) is 42.7 Å². The number of hydrogen-bond acceptors (Lipinski definition) is 4. The molecule has 1 amide bonds. The van der Waals surface area contributed by atoms with E-state index in [2.05, 4.69) is 35.1 Å². The second-order valence-corrected chi connectivity index (χ2v) is 9.76. The number of carbonyl (C=O) groups is 1. The molecule has 2 aromatic carbocycles. The summed E-state index contributed by atoms with van der Waals surface area (Å²) < 4.78 is 12.0. The monoisotopic (exact) mass is 467 g/mol. The fourth-order valence-electron chi connectivity index (χ4n) is 5.05. The van der Waals surface area contributed by atoms with Crippen LogP contribution in [0.2, 0.25) is 0 Å². The van der Waals surface area contributed by atoms with Gasteiger partial charge >= 0.3 is 6.09 Å². The van der Waals surface area contributed by atoms with Gasteiger partial charge in [0.25, 0.3) is 0 Å². The van der Waals surface area contributed by atoms with Crippen LogP contribution in [0.4, 0.5) is 4.79 Å². The van der Waals surface area contributed by atoms with Crippen LogP contribution in [0.15, 0.2) is 60.9 Å². The molecular weight excluding hydrogens is 438 g/mol. The van der Waals surface area contributed by atoms with Gasteiger partial charge in [-0.25, -0.2) is 9.78 Å². The molecule has 1 fully saturated rings. The molecular formula is C29H29N3O3. The molecule has 2 aromatic heterocycles. The van der Waals surface area contributed by atoms with Crippen LogP contribution in [0.5, 0.6) is 0 Å². The Labute approximate surface area is 204 Å². The number of amides is 1. The third-order valence-electron chi connectivity index (χ3n) is 7.23. The molecule has 2 aliphatic rings. The van der Waals surface area contributed by atoms with Crippen molar-refractivity contribution in [2.24, 2.45) is 0 Å². The lowest BCUT2D eigenvalue weighted by molar-refractivity contribution is 0.0492. The molecule has 1 saturated carbocycles. The van der Waals surface area contributed by atoms with Crippen LogP contribution < -0.4 is 0 Å². The summed E-state index contributed by atoms with van der Waals surface area (Å²) in [5.41, 5.74) is 8.25. The molecule has 1 N–H and O–H groups in total. The van der Waals surface area contributed by atoms with Gasteiger partial charge in [0.15, 0.2) is 0 Å². The smallest absolute Gasteiger partial charge is 0.410 e. The maximum atomic E-state index is 13.1. The third-order valence-corrected chi connectivity index (χ3v) is 7.23. The SMILES string of the molecule is Cc1c[nH]c2ncc(-c3cc4c(c(C5(OC(=O)N(C)Cc6ccccc6)CC5)c3)COCC4)cc12. The van der Waals surface area contributed by atoms with Crippen LogP contribution in [-0.2, 0) is 34.6 Å². The van der Waals surface area contributed by atoms with Crippen LogP contribution in [0.25, 0.3) is 22.2 Å². The van der Waals surface area contributed by atoms with Gasteiger partial charge in [0.2, 0.25) is 0 Å². The molecule has 35 heavy (non-hydrogen) atoms. The van der Waals surface area contributed by atoms with E-state index in [1.54, 1.807) is 11.9 Å². The number of nitrogens with zero attached hydrogens (tertiary/aromatic N) is 2. The first-order chi connectivity index (χ1) is 17.0. The number of aromatic amines is 1. The van der Waals surface area contributed by atoms with Crippen molar-refractivity contribution in [1.82, 2.24) is 14.9 Å². The van der Waals surface area contributed by atoms with Crippen LogP contribution >= 0.6 is 0 Å². The highest BCUT2D eigenvalue weighted by atomic mass is 16.6. The van der Waals surface area contributed by atoms with Gasteiger partial charge < -0.3 is 19.4 Å². The Morgan fingerprint density at radius 2 is 2.00 bits per heavy atom. The van der Waals surface area contributed by atoms with Gasteiger partial charge in [0, 0.05) is 42.5 Å². The van der Waals surface area contributed by atoms with E-state index >= 15 is 0 Å². The number of rotatable bonds is 5. The zero-order valence-corrected chi connectivity index (χ0v) is 20.1. The normalized spacial score (nSPS) is 16.1. The third kappa shape index (κ3) is 4.08. The standard InChI is InChI=1S/C29H29N3O3/c1-19-15-30-27-24(19)13-23(16-31-27)22-12-21-8-11-34-18-25(21)26(14-22)29(9-10-29)35-28(33)32(2)17-20-6-4-3-5-7-20/h3-7,12-16H,8-11,17-18H2,1-2H3,(H,30,31). The number of hydrogen-bond donors (Lipinski definition) is 1. The number of H-pyrrole nitrogens is 1. The minimum absolute atomic E-state index is 0.298. The fourth-order valence-corrected chi connectivity index (χ4v) is 5.05. The number of ether oxygens (including phenoxy) is 2. The molecule has 0 atom stereocenters. The van der Waals surface area contributed by atoms with E-state index in [1.165, 1.54) is 16.7 Å². The van der Waals surface area contributed by atoms with Crippen LogP contribution in [-0.4, -0.2) is 34.6 Å². The second kappa shape index (κ2) is 8.54. The second-order valence-electron chi connectivity index (χ2n) is 9.76. The van der Waals surface area contributed by atoms with E-state index in [4.69, 9.17) is 9.47 Å². The molecule has 0 bridgehead atoms. The number of nitrogens with one attached hydrogen (secondary N) is 1. The molecule has 178 valence electrons. The highest BCUT2D eigenvalue weighted by molar-refractivity contribution is 5.84. The van der Waals surface area contributed by atoms with Crippen molar-refractivity contribution < 1.29 is 14.3 Å². The maximum absolute atomic E-state index is 13.1. The molecule has 0 radical (unpaired) electrons. The number of aryl methyl sites for hydroxylation is 1.